The molecule has 1 aliphatic rings. The fraction of sp³-hybridized carbons (Fsp3) is 0.160. The quantitative estimate of drug-likeness (QED) is 0.317. The zero-order valence-corrected chi connectivity index (χ0v) is 20.9. The summed E-state index contributed by atoms with van der Waals surface area (Å²) < 4.78 is 16.5. The number of nitrogens with one attached hydrogen (secondary N) is 1. The van der Waals surface area contributed by atoms with Crippen molar-refractivity contribution >= 4 is 67.3 Å². The van der Waals surface area contributed by atoms with Gasteiger partial charge in [-0.3, -0.25) is 4.79 Å². The van der Waals surface area contributed by atoms with Gasteiger partial charge < -0.3 is 19.5 Å². The van der Waals surface area contributed by atoms with Crippen LogP contribution in [0.1, 0.15) is 12.5 Å². The first-order valence-corrected chi connectivity index (χ1v) is 12.0. The molecule has 1 heterocycles. The van der Waals surface area contributed by atoms with Crippen LogP contribution in [-0.4, -0.2) is 37.4 Å². The van der Waals surface area contributed by atoms with Crippen molar-refractivity contribution in [2.75, 3.05) is 20.3 Å². The highest BCUT2D eigenvalue weighted by Gasteiger charge is 2.24. The minimum absolute atomic E-state index is 0.235. The maximum atomic E-state index is 12.6. The number of benzene rings is 3. The smallest absolute Gasteiger partial charge is 0.344 e. The van der Waals surface area contributed by atoms with Crippen LogP contribution in [0.2, 0.25) is 0 Å². The van der Waals surface area contributed by atoms with E-state index in [1.54, 1.807) is 25.1 Å². The number of ether oxygens (including phenoxy) is 3. The Labute approximate surface area is 209 Å². The van der Waals surface area contributed by atoms with Crippen LogP contribution in [-0.2, 0) is 14.3 Å². The number of carbonyl (C=O) groups excluding carboxylic acids is 2. The Kier molecular flexibility index (Phi) is 7.54. The summed E-state index contributed by atoms with van der Waals surface area (Å²) in [7, 11) is 1.50. The lowest BCUT2D eigenvalue weighted by molar-refractivity contribution is -0.145. The molecule has 1 N–H and O–H groups in total. The number of rotatable bonds is 7. The summed E-state index contributed by atoms with van der Waals surface area (Å²) in [6, 6.07) is 17.4. The van der Waals surface area contributed by atoms with E-state index in [2.05, 4.69) is 26.2 Å². The number of thioether (sulfide) groups is 1. The molecule has 1 fully saturated rings. The van der Waals surface area contributed by atoms with Crippen molar-refractivity contribution in [1.29, 1.82) is 0 Å². The maximum Gasteiger partial charge on any atom is 0.344 e. The summed E-state index contributed by atoms with van der Waals surface area (Å²) >= 11 is 4.72. The molecule has 0 bridgehead atoms. The van der Waals surface area contributed by atoms with E-state index in [0.717, 1.165) is 22.0 Å². The third-order valence-electron chi connectivity index (χ3n) is 4.83. The van der Waals surface area contributed by atoms with Gasteiger partial charge in [-0.1, -0.05) is 36.4 Å². The molecule has 34 heavy (non-hydrogen) atoms. The van der Waals surface area contributed by atoms with Crippen molar-refractivity contribution in [3.05, 3.63) is 69.5 Å². The molecule has 0 aromatic heterocycles. The van der Waals surface area contributed by atoms with E-state index in [1.165, 1.54) is 18.9 Å². The summed E-state index contributed by atoms with van der Waals surface area (Å²) in [5.41, 5.74) is 1.51. The number of hydrogen-bond donors (Lipinski definition) is 1. The van der Waals surface area contributed by atoms with Crippen LogP contribution >= 0.6 is 27.7 Å². The molecule has 3 aromatic carbocycles. The molecule has 1 amide bonds. The number of carbonyl (C=O) groups is 2. The van der Waals surface area contributed by atoms with Crippen LogP contribution in [0.15, 0.2) is 69.0 Å². The van der Waals surface area contributed by atoms with Crippen molar-refractivity contribution in [3.8, 4) is 11.5 Å². The van der Waals surface area contributed by atoms with E-state index in [-0.39, 0.29) is 19.1 Å². The average Bonchev–Trinajstić information content (AvgIpc) is 3.16. The summed E-state index contributed by atoms with van der Waals surface area (Å²) in [5, 5.41) is 5.42. The van der Waals surface area contributed by atoms with E-state index in [1.807, 2.05) is 42.5 Å². The van der Waals surface area contributed by atoms with Crippen molar-refractivity contribution < 1.29 is 23.8 Å². The third-order valence-corrected chi connectivity index (χ3v) is 6.33. The Morgan fingerprint density at radius 3 is 2.76 bits per heavy atom. The van der Waals surface area contributed by atoms with Gasteiger partial charge in [0, 0.05) is 5.39 Å². The van der Waals surface area contributed by atoms with E-state index in [9.17, 15) is 9.59 Å². The number of esters is 1. The predicted molar refractivity (Wildman–Crippen MR) is 138 cm³/mol. The van der Waals surface area contributed by atoms with E-state index < -0.39 is 5.97 Å². The summed E-state index contributed by atoms with van der Waals surface area (Å²) in [6.45, 7) is 1.76. The van der Waals surface area contributed by atoms with Crippen LogP contribution in [0.25, 0.3) is 16.8 Å². The van der Waals surface area contributed by atoms with Gasteiger partial charge in [0.25, 0.3) is 5.91 Å². The van der Waals surface area contributed by atoms with Gasteiger partial charge in [-0.15, -0.1) is 0 Å². The van der Waals surface area contributed by atoms with Crippen molar-refractivity contribution in [2.24, 2.45) is 4.99 Å². The third kappa shape index (κ3) is 5.43. The lowest BCUT2D eigenvalue weighted by Gasteiger charge is -2.13. The average molecular weight is 541 g/mol. The number of amidine groups is 1. The highest BCUT2D eigenvalue weighted by atomic mass is 79.9. The number of hydrogen-bond acceptors (Lipinski definition) is 7. The topological polar surface area (TPSA) is 86.2 Å². The van der Waals surface area contributed by atoms with Crippen LogP contribution in [0, 0.1) is 0 Å². The fourth-order valence-corrected chi connectivity index (χ4v) is 4.75. The molecule has 1 aliphatic heterocycles. The molecule has 0 atom stereocenters. The second kappa shape index (κ2) is 10.8. The highest BCUT2D eigenvalue weighted by molar-refractivity contribution is 9.10. The van der Waals surface area contributed by atoms with Crippen molar-refractivity contribution in [2.45, 2.75) is 6.92 Å². The van der Waals surface area contributed by atoms with Crippen LogP contribution in [0.3, 0.4) is 0 Å². The Morgan fingerprint density at radius 1 is 1.18 bits per heavy atom. The standard InChI is InChI=1S/C25H21BrN2O5S/c1-3-32-22(29)14-33-23-18(26)11-15(12-20(23)31-2)13-21-24(30)28-25(34-21)27-19-10-6-8-16-7-4-5-9-17(16)19/h4-13H,3,14H2,1-2H3,(H,27,28,30)/b21-13-. The van der Waals surface area contributed by atoms with Gasteiger partial charge in [0.1, 0.15) is 0 Å². The van der Waals surface area contributed by atoms with Crippen molar-refractivity contribution in [1.82, 2.24) is 5.32 Å². The molecule has 4 rings (SSSR count). The molecule has 3 aromatic rings. The molecule has 0 aliphatic carbocycles. The van der Waals surface area contributed by atoms with Crippen LogP contribution < -0.4 is 14.8 Å². The molecular formula is C25H21BrN2O5S. The lowest BCUT2D eigenvalue weighted by Crippen LogP contribution is -2.19. The fourth-order valence-electron chi connectivity index (χ4n) is 3.34. The van der Waals surface area contributed by atoms with Crippen molar-refractivity contribution in [3.63, 3.8) is 0 Å². The van der Waals surface area contributed by atoms with Gasteiger partial charge >= 0.3 is 5.97 Å². The molecule has 174 valence electrons. The Balaban J connectivity index is 1.57. The second-order valence-corrected chi connectivity index (χ2v) is 8.99. The van der Waals surface area contributed by atoms with Gasteiger partial charge in [0.05, 0.1) is 28.8 Å². The minimum atomic E-state index is -0.473. The number of halogens is 1. The molecule has 0 unspecified atom stereocenters. The first-order chi connectivity index (χ1) is 16.5. The molecule has 1 saturated heterocycles. The molecular weight excluding hydrogens is 520 g/mol. The summed E-state index contributed by atoms with van der Waals surface area (Å²) in [6.07, 6.45) is 1.74. The molecule has 0 radical (unpaired) electrons. The molecule has 0 saturated carbocycles. The van der Waals surface area contributed by atoms with Gasteiger partial charge in [-0.25, -0.2) is 9.79 Å². The molecule has 9 heteroatoms. The normalized spacial score (nSPS) is 15.6. The number of fused-ring (bicyclic) bond motifs is 1. The zero-order chi connectivity index (χ0) is 24.1. The number of methoxy groups -OCH3 is 1. The summed E-state index contributed by atoms with van der Waals surface area (Å²) in [4.78, 5) is 29.4. The second-order valence-electron chi connectivity index (χ2n) is 7.11. The van der Waals surface area contributed by atoms with Gasteiger partial charge in [-0.05, 0) is 69.8 Å². The molecule has 0 spiro atoms. The van der Waals surface area contributed by atoms with E-state index >= 15 is 0 Å². The number of amides is 1. The predicted octanol–water partition coefficient (Wildman–Crippen LogP) is 5.44. The van der Waals surface area contributed by atoms with Gasteiger partial charge in [-0.2, -0.15) is 0 Å². The number of nitrogens with zero attached hydrogens (tertiary/aromatic N) is 1. The van der Waals surface area contributed by atoms with Gasteiger partial charge in [0.2, 0.25) is 0 Å². The highest BCUT2D eigenvalue weighted by Crippen LogP contribution is 2.38. The first-order valence-electron chi connectivity index (χ1n) is 10.4. The summed E-state index contributed by atoms with van der Waals surface area (Å²) in [5.74, 6) is 0.0828. The molecule has 7 nitrogen and oxygen atoms in total. The minimum Gasteiger partial charge on any atom is -0.493 e. The number of aliphatic imine (C=N–C) groups is 1. The first kappa shape index (κ1) is 23.8. The largest absolute Gasteiger partial charge is 0.493 e. The SMILES string of the molecule is CCOC(=O)COc1c(Br)cc(/C=C2\SC(=Nc3cccc4ccccc34)NC2=O)cc1OC. The Hall–Kier alpha value is -3.30. The Morgan fingerprint density at radius 2 is 1.97 bits per heavy atom. The zero-order valence-electron chi connectivity index (χ0n) is 18.5. The van der Waals surface area contributed by atoms with E-state index in [4.69, 9.17) is 14.2 Å². The lowest BCUT2D eigenvalue weighted by atomic mass is 10.1. The monoisotopic (exact) mass is 540 g/mol. The Bertz CT molecular complexity index is 1320. The van der Waals surface area contributed by atoms with Crippen LogP contribution in [0.5, 0.6) is 11.5 Å². The maximum absolute atomic E-state index is 12.6. The van der Waals surface area contributed by atoms with E-state index in [0.29, 0.717) is 26.0 Å². The van der Waals surface area contributed by atoms with Crippen LogP contribution in [0.4, 0.5) is 5.69 Å². The van der Waals surface area contributed by atoms with Gasteiger partial charge in [0.15, 0.2) is 23.3 Å².